The van der Waals surface area contributed by atoms with Crippen LogP contribution in [0.2, 0.25) is 0 Å². The number of para-hydroxylation sites is 1. The van der Waals surface area contributed by atoms with Gasteiger partial charge in [-0.1, -0.05) is 52.0 Å². The van der Waals surface area contributed by atoms with Gasteiger partial charge >= 0.3 is 5.97 Å². The summed E-state index contributed by atoms with van der Waals surface area (Å²) in [6.45, 7) is 8.96. The monoisotopic (exact) mass is 418 g/mol. The Bertz CT molecular complexity index is 738. The molecule has 2 aromatic rings. The Kier molecular flexibility index (Phi) is 7.70. The number of esters is 1. The minimum absolute atomic E-state index is 0.226. The molecule has 4 heteroatoms. The maximum atomic E-state index is 12.1. The summed E-state index contributed by atoms with van der Waals surface area (Å²) in [5.74, 6) is 2.02. The van der Waals surface area contributed by atoms with Gasteiger partial charge in [0, 0.05) is 6.42 Å². The van der Waals surface area contributed by atoms with Crippen molar-refractivity contribution < 1.29 is 14.3 Å². The first-order valence-electron chi connectivity index (χ1n) is 9.10. The molecule has 0 aliphatic rings. The molecule has 0 bridgehead atoms. The summed E-state index contributed by atoms with van der Waals surface area (Å²) >= 11 is 3.55. The molecule has 0 aromatic heterocycles. The summed E-state index contributed by atoms with van der Waals surface area (Å²) in [5.41, 5.74) is 2.31. The molecule has 0 aliphatic heterocycles. The first-order chi connectivity index (χ1) is 12.4. The lowest BCUT2D eigenvalue weighted by molar-refractivity contribution is -0.134. The van der Waals surface area contributed by atoms with Gasteiger partial charge in [-0.05, 0) is 63.5 Å². The van der Waals surface area contributed by atoms with Crippen molar-refractivity contribution in [2.24, 2.45) is 0 Å². The highest BCUT2D eigenvalue weighted by Crippen LogP contribution is 2.29. The number of ether oxygens (including phenoxy) is 2. The van der Waals surface area contributed by atoms with Crippen molar-refractivity contribution in [1.82, 2.24) is 0 Å². The van der Waals surface area contributed by atoms with E-state index in [2.05, 4.69) is 55.8 Å². The number of carbonyl (C=O) groups excluding carboxylic acids is 1. The quantitative estimate of drug-likeness (QED) is 0.280. The highest BCUT2D eigenvalue weighted by molar-refractivity contribution is 9.10. The third-order valence-electron chi connectivity index (χ3n) is 4.17. The van der Waals surface area contributed by atoms with Crippen LogP contribution in [-0.2, 0) is 4.79 Å². The Morgan fingerprint density at radius 1 is 1.00 bits per heavy atom. The van der Waals surface area contributed by atoms with E-state index in [1.54, 1.807) is 0 Å². The highest BCUT2D eigenvalue weighted by atomic mass is 79.9. The van der Waals surface area contributed by atoms with Crippen molar-refractivity contribution in [3.63, 3.8) is 0 Å². The zero-order chi connectivity index (χ0) is 19.1. The van der Waals surface area contributed by atoms with E-state index in [4.69, 9.17) is 9.47 Å². The average molecular weight is 419 g/mol. The molecule has 0 radical (unpaired) electrons. The lowest BCUT2D eigenvalue weighted by Gasteiger charge is -2.13. The second kappa shape index (κ2) is 9.77. The highest BCUT2D eigenvalue weighted by Gasteiger charge is 2.11. The fraction of sp³-hybridized carbons (Fsp3) is 0.409. The third kappa shape index (κ3) is 5.87. The molecule has 0 unspecified atom stereocenters. The van der Waals surface area contributed by atoms with E-state index in [-0.39, 0.29) is 5.97 Å². The molecule has 26 heavy (non-hydrogen) atoms. The molecule has 3 nitrogen and oxygen atoms in total. The Morgan fingerprint density at radius 3 is 2.38 bits per heavy atom. The Hall–Kier alpha value is -1.81. The van der Waals surface area contributed by atoms with Gasteiger partial charge in [0.25, 0.3) is 0 Å². The van der Waals surface area contributed by atoms with Crippen molar-refractivity contribution in [3.05, 3.63) is 58.1 Å². The third-order valence-corrected chi connectivity index (χ3v) is 4.79. The van der Waals surface area contributed by atoms with Crippen LogP contribution in [0.3, 0.4) is 0 Å². The summed E-state index contributed by atoms with van der Waals surface area (Å²) in [7, 11) is 0. The maximum Gasteiger partial charge on any atom is 0.311 e. The van der Waals surface area contributed by atoms with E-state index in [0.717, 1.165) is 15.8 Å². The minimum Gasteiger partial charge on any atom is -0.492 e. The number of halogens is 1. The molecular weight excluding hydrogens is 392 g/mol. The fourth-order valence-corrected chi connectivity index (χ4v) is 3.13. The summed E-state index contributed by atoms with van der Waals surface area (Å²) in [5, 5.41) is 0. The molecule has 0 fully saturated rings. The van der Waals surface area contributed by atoms with Gasteiger partial charge in [-0.15, -0.1) is 0 Å². The number of rotatable bonds is 8. The van der Waals surface area contributed by atoms with Crippen LogP contribution in [0.25, 0.3) is 0 Å². The summed E-state index contributed by atoms with van der Waals surface area (Å²) in [4.78, 5) is 12.1. The normalized spacial score (nSPS) is 11.0. The molecule has 2 aromatic carbocycles. The number of hydrogen-bond donors (Lipinski definition) is 0. The standard InChI is InChI=1S/C22H27BrO3/c1-15(2)17-11-12-21(19(23)14-17)25-13-7-10-22(24)26-20-9-6-5-8-18(20)16(3)4/h5-6,8-9,11-12,14-16H,7,10,13H2,1-4H3. The van der Waals surface area contributed by atoms with Crippen molar-refractivity contribution in [3.8, 4) is 11.5 Å². The van der Waals surface area contributed by atoms with Gasteiger partial charge in [-0.3, -0.25) is 4.79 Å². The molecule has 2 rings (SSSR count). The van der Waals surface area contributed by atoms with Gasteiger partial charge in [0.2, 0.25) is 0 Å². The predicted octanol–water partition coefficient (Wildman–Crippen LogP) is 6.46. The molecule has 0 aliphatic carbocycles. The van der Waals surface area contributed by atoms with Crippen LogP contribution in [0.1, 0.15) is 63.5 Å². The van der Waals surface area contributed by atoms with Crippen molar-refractivity contribution >= 4 is 21.9 Å². The zero-order valence-electron chi connectivity index (χ0n) is 15.9. The predicted molar refractivity (Wildman–Crippen MR) is 109 cm³/mol. The molecule has 140 valence electrons. The van der Waals surface area contributed by atoms with Crippen LogP contribution in [0.15, 0.2) is 46.9 Å². The van der Waals surface area contributed by atoms with E-state index in [1.807, 2.05) is 30.3 Å². The second-order valence-electron chi connectivity index (χ2n) is 6.96. The van der Waals surface area contributed by atoms with Crippen LogP contribution in [0.5, 0.6) is 11.5 Å². The van der Waals surface area contributed by atoms with Crippen LogP contribution in [0.4, 0.5) is 0 Å². The summed E-state index contributed by atoms with van der Waals surface area (Å²) in [6.07, 6.45) is 0.940. The second-order valence-corrected chi connectivity index (χ2v) is 7.82. The Morgan fingerprint density at radius 2 is 1.73 bits per heavy atom. The van der Waals surface area contributed by atoms with E-state index < -0.39 is 0 Å². The molecule has 0 heterocycles. The first-order valence-corrected chi connectivity index (χ1v) is 9.89. The van der Waals surface area contributed by atoms with Crippen molar-refractivity contribution in [2.45, 2.75) is 52.4 Å². The van der Waals surface area contributed by atoms with Crippen molar-refractivity contribution in [1.29, 1.82) is 0 Å². The van der Waals surface area contributed by atoms with Gasteiger partial charge in [-0.25, -0.2) is 0 Å². The SMILES string of the molecule is CC(C)c1ccc(OCCCC(=O)Oc2ccccc2C(C)C)c(Br)c1. The van der Waals surface area contributed by atoms with Crippen LogP contribution >= 0.6 is 15.9 Å². The lowest BCUT2D eigenvalue weighted by Crippen LogP contribution is -2.11. The smallest absolute Gasteiger partial charge is 0.311 e. The maximum absolute atomic E-state index is 12.1. The number of benzene rings is 2. The largest absolute Gasteiger partial charge is 0.492 e. The van der Waals surface area contributed by atoms with E-state index in [0.29, 0.717) is 37.0 Å². The van der Waals surface area contributed by atoms with Gasteiger partial charge in [0.1, 0.15) is 11.5 Å². The van der Waals surface area contributed by atoms with Crippen LogP contribution in [0, 0.1) is 0 Å². The van der Waals surface area contributed by atoms with Gasteiger partial charge < -0.3 is 9.47 Å². The topological polar surface area (TPSA) is 35.5 Å². The van der Waals surface area contributed by atoms with Crippen LogP contribution in [-0.4, -0.2) is 12.6 Å². The zero-order valence-corrected chi connectivity index (χ0v) is 17.5. The number of hydrogen-bond acceptors (Lipinski definition) is 3. The average Bonchev–Trinajstić information content (AvgIpc) is 2.59. The molecular formula is C22H27BrO3. The minimum atomic E-state index is -0.226. The molecule has 0 spiro atoms. The fourth-order valence-electron chi connectivity index (χ4n) is 2.62. The number of carbonyl (C=O) groups is 1. The summed E-state index contributed by atoms with van der Waals surface area (Å²) < 4.78 is 12.2. The lowest BCUT2D eigenvalue weighted by atomic mass is 10.0. The Labute approximate surface area is 164 Å². The van der Waals surface area contributed by atoms with E-state index >= 15 is 0 Å². The van der Waals surface area contributed by atoms with Gasteiger partial charge in [0.15, 0.2) is 0 Å². The molecule has 0 atom stereocenters. The molecule has 0 saturated carbocycles. The van der Waals surface area contributed by atoms with E-state index in [1.165, 1.54) is 5.56 Å². The first kappa shape index (κ1) is 20.5. The summed E-state index contributed by atoms with van der Waals surface area (Å²) in [6, 6.07) is 13.8. The van der Waals surface area contributed by atoms with E-state index in [9.17, 15) is 4.79 Å². The molecule has 0 N–H and O–H groups in total. The molecule has 0 saturated heterocycles. The van der Waals surface area contributed by atoms with Crippen molar-refractivity contribution in [2.75, 3.05) is 6.61 Å². The Balaban J connectivity index is 1.81. The van der Waals surface area contributed by atoms with Gasteiger partial charge in [0.05, 0.1) is 11.1 Å². The van der Waals surface area contributed by atoms with Crippen LogP contribution < -0.4 is 9.47 Å². The van der Waals surface area contributed by atoms with Gasteiger partial charge in [-0.2, -0.15) is 0 Å². The molecule has 0 amide bonds.